The lowest BCUT2D eigenvalue weighted by Crippen LogP contribution is -2.28. The SMILES string of the molecule is Cc1cc(S(=O)(=O)N(C)C)cc(NC(=O)CCNC(=O)c2ccc(C(C)(C)C)cc2)c1C. The fourth-order valence-corrected chi connectivity index (χ4v) is 4.06. The van der Waals surface area contributed by atoms with Crippen LogP contribution in [-0.2, 0) is 20.2 Å². The van der Waals surface area contributed by atoms with Crippen molar-refractivity contribution in [2.45, 2.75) is 51.3 Å². The van der Waals surface area contributed by atoms with Crippen molar-refractivity contribution in [3.63, 3.8) is 0 Å². The lowest BCUT2D eigenvalue weighted by atomic mass is 9.87. The summed E-state index contributed by atoms with van der Waals surface area (Å²) in [5.41, 5.74) is 3.67. The predicted molar refractivity (Wildman–Crippen MR) is 128 cm³/mol. The number of amides is 2. The Balaban J connectivity index is 2.00. The number of hydrogen-bond donors (Lipinski definition) is 2. The third-order valence-electron chi connectivity index (χ3n) is 5.34. The van der Waals surface area contributed by atoms with Crippen molar-refractivity contribution in [1.82, 2.24) is 9.62 Å². The van der Waals surface area contributed by atoms with Gasteiger partial charge in [0, 0.05) is 38.3 Å². The summed E-state index contributed by atoms with van der Waals surface area (Å²) in [7, 11) is -0.700. The van der Waals surface area contributed by atoms with E-state index >= 15 is 0 Å². The molecule has 7 nitrogen and oxygen atoms in total. The van der Waals surface area contributed by atoms with Gasteiger partial charge in [0.05, 0.1) is 4.90 Å². The Kier molecular flexibility index (Phi) is 7.85. The van der Waals surface area contributed by atoms with Gasteiger partial charge in [0.1, 0.15) is 0 Å². The van der Waals surface area contributed by atoms with Crippen LogP contribution in [0.25, 0.3) is 0 Å². The van der Waals surface area contributed by atoms with Crippen molar-refractivity contribution in [2.75, 3.05) is 26.0 Å². The molecule has 0 saturated carbocycles. The molecule has 0 aliphatic rings. The van der Waals surface area contributed by atoms with Gasteiger partial charge in [-0.1, -0.05) is 32.9 Å². The molecular formula is C24H33N3O4S. The molecular weight excluding hydrogens is 426 g/mol. The molecule has 2 rings (SSSR count). The zero-order valence-corrected chi connectivity index (χ0v) is 20.7. The van der Waals surface area contributed by atoms with Crippen LogP contribution in [0.5, 0.6) is 0 Å². The predicted octanol–water partition coefficient (Wildman–Crippen LogP) is 3.61. The quantitative estimate of drug-likeness (QED) is 0.661. The molecule has 2 aromatic rings. The first-order valence-electron chi connectivity index (χ1n) is 10.5. The molecule has 0 fully saturated rings. The second kappa shape index (κ2) is 9.83. The highest BCUT2D eigenvalue weighted by molar-refractivity contribution is 7.89. The molecule has 0 unspecified atom stereocenters. The van der Waals surface area contributed by atoms with Crippen LogP contribution in [0.1, 0.15) is 54.2 Å². The minimum atomic E-state index is -3.62. The fourth-order valence-electron chi connectivity index (χ4n) is 3.04. The summed E-state index contributed by atoms with van der Waals surface area (Å²) in [5, 5.41) is 5.51. The van der Waals surface area contributed by atoms with E-state index in [1.165, 1.54) is 20.2 Å². The maximum Gasteiger partial charge on any atom is 0.251 e. The summed E-state index contributed by atoms with van der Waals surface area (Å²) in [6.07, 6.45) is 0.0644. The minimum Gasteiger partial charge on any atom is -0.352 e. The first kappa shape index (κ1) is 25.5. The maximum absolute atomic E-state index is 12.5. The van der Waals surface area contributed by atoms with Gasteiger partial charge in [-0.3, -0.25) is 9.59 Å². The molecule has 0 heterocycles. The van der Waals surface area contributed by atoms with Gasteiger partial charge in [0.15, 0.2) is 0 Å². The van der Waals surface area contributed by atoms with Crippen LogP contribution < -0.4 is 10.6 Å². The van der Waals surface area contributed by atoms with Gasteiger partial charge in [-0.2, -0.15) is 0 Å². The second-order valence-electron chi connectivity index (χ2n) is 9.08. The van der Waals surface area contributed by atoms with Crippen LogP contribution in [0.4, 0.5) is 5.69 Å². The van der Waals surface area contributed by atoms with Gasteiger partial charge in [-0.05, 0) is 60.2 Å². The highest BCUT2D eigenvalue weighted by Crippen LogP contribution is 2.26. The monoisotopic (exact) mass is 459 g/mol. The molecule has 0 aromatic heterocycles. The van der Waals surface area contributed by atoms with Gasteiger partial charge >= 0.3 is 0 Å². The number of hydrogen-bond acceptors (Lipinski definition) is 4. The topological polar surface area (TPSA) is 95.6 Å². The Hall–Kier alpha value is -2.71. The van der Waals surface area contributed by atoms with Crippen LogP contribution in [0.2, 0.25) is 0 Å². The molecule has 0 atom stereocenters. The van der Waals surface area contributed by atoms with Gasteiger partial charge in [-0.25, -0.2) is 12.7 Å². The number of carbonyl (C=O) groups is 2. The highest BCUT2D eigenvalue weighted by atomic mass is 32.2. The van der Waals surface area contributed by atoms with E-state index in [-0.39, 0.29) is 35.1 Å². The van der Waals surface area contributed by atoms with E-state index in [0.717, 1.165) is 21.0 Å². The van der Waals surface area contributed by atoms with E-state index in [1.54, 1.807) is 25.1 Å². The van der Waals surface area contributed by atoms with Gasteiger partial charge < -0.3 is 10.6 Å². The number of nitrogens with one attached hydrogen (secondary N) is 2. The summed E-state index contributed by atoms with van der Waals surface area (Å²) in [4.78, 5) is 24.9. The Labute approximate surface area is 191 Å². The largest absolute Gasteiger partial charge is 0.352 e. The molecule has 8 heteroatoms. The average molecular weight is 460 g/mol. The number of sulfonamides is 1. The lowest BCUT2D eigenvalue weighted by Gasteiger charge is -2.19. The van der Waals surface area contributed by atoms with E-state index in [0.29, 0.717) is 11.3 Å². The van der Waals surface area contributed by atoms with Crippen molar-refractivity contribution in [1.29, 1.82) is 0 Å². The van der Waals surface area contributed by atoms with Crippen molar-refractivity contribution >= 4 is 27.5 Å². The summed E-state index contributed by atoms with van der Waals surface area (Å²) in [5.74, 6) is -0.556. The number of benzene rings is 2. The number of nitrogens with zero attached hydrogens (tertiary/aromatic N) is 1. The molecule has 0 bridgehead atoms. The molecule has 0 saturated heterocycles. The molecule has 2 N–H and O–H groups in total. The number of anilines is 1. The standard InChI is InChI=1S/C24H33N3O4S/c1-16-14-20(32(30,31)27(6)7)15-21(17(16)2)26-22(28)12-13-25-23(29)18-8-10-19(11-9-18)24(3,4)5/h8-11,14-15H,12-13H2,1-7H3,(H,25,29)(H,26,28). The van der Waals surface area contributed by atoms with Gasteiger partial charge in [-0.15, -0.1) is 0 Å². The Morgan fingerprint density at radius 1 is 1.00 bits per heavy atom. The maximum atomic E-state index is 12.5. The van der Waals surface area contributed by atoms with Gasteiger partial charge in [0.2, 0.25) is 15.9 Å². The number of rotatable bonds is 7. The smallest absolute Gasteiger partial charge is 0.251 e. The molecule has 0 aliphatic heterocycles. The first-order chi connectivity index (χ1) is 14.7. The van der Waals surface area contributed by atoms with E-state index in [1.807, 2.05) is 19.1 Å². The first-order valence-corrected chi connectivity index (χ1v) is 11.9. The minimum absolute atomic E-state index is 0.00671. The summed E-state index contributed by atoms with van der Waals surface area (Å²) in [6.45, 7) is 10.1. The van der Waals surface area contributed by atoms with Crippen molar-refractivity contribution < 1.29 is 18.0 Å². The number of aryl methyl sites for hydroxylation is 1. The van der Waals surface area contributed by atoms with E-state index < -0.39 is 10.0 Å². The second-order valence-corrected chi connectivity index (χ2v) is 11.2. The third-order valence-corrected chi connectivity index (χ3v) is 7.14. The molecule has 0 radical (unpaired) electrons. The number of carbonyl (C=O) groups excluding carboxylic acids is 2. The van der Waals surface area contributed by atoms with Gasteiger partial charge in [0.25, 0.3) is 5.91 Å². The van der Waals surface area contributed by atoms with Crippen LogP contribution in [0.15, 0.2) is 41.3 Å². The molecule has 32 heavy (non-hydrogen) atoms. The third kappa shape index (κ3) is 6.17. The zero-order chi connectivity index (χ0) is 24.3. The van der Waals surface area contributed by atoms with E-state index in [4.69, 9.17) is 0 Å². The Morgan fingerprint density at radius 3 is 2.12 bits per heavy atom. The van der Waals surface area contributed by atoms with E-state index in [9.17, 15) is 18.0 Å². The zero-order valence-electron chi connectivity index (χ0n) is 19.9. The van der Waals surface area contributed by atoms with Crippen LogP contribution in [0, 0.1) is 13.8 Å². The van der Waals surface area contributed by atoms with Crippen molar-refractivity contribution in [3.05, 3.63) is 58.7 Å². The molecule has 0 spiro atoms. The average Bonchev–Trinajstić information content (AvgIpc) is 2.70. The van der Waals surface area contributed by atoms with Crippen molar-refractivity contribution in [2.24, 2.45) is 0 Å². The molecule has 2 amide bonds. The molecule has 0 aliphatic carbocycles. The summed E-state index contributed by atoms with van der Waals surface area (Å²) in [6, 6.07) is 10.5. The summed E-state index contributed by atoms with van der Waals surface area (Å²) >= 11 is 0. The normalized spacial score (nSPS) is 12.0. The fraction of sp³-hybridized carbons (Fsp3) is 0.417. The lowest BCUT2D eigenvalue weighted by molar-refractivity contribution is -0.116. The van der Waals surface area contributed by atoms with Crippen LogP contribution >= 0.6 is 0 Å². The highest BCUT2D eigenvalue weighted by Gasteiger charge is 2.20. The van der Waals surface area contributed by atoms with Crippen LogP contribution in [-0.4, -0.2) is 45.2 Å². The molecule has 174 valence electrons. The Bertz CT molecular complexity index is 1100. The van der Waals surface area contributed by atoms with Crippen LogP contribution in [0.3, 0.4) is 0 Å². The Morgan fingerprint density at radius 2 is 1.59 bits per heavy atom. The van der Waals surface area contributed by atoms with Crippen molar-refractivity contribution in [3.8, 4) is 0 Å². The van der Waals surface area contributed by atoms with E-state index in [2.05, 4.69) is 31.4 Å². The molecule has 2 aromatic carbocycles. The summed E-state index contributed by atoms with van der Waals surface area (Å²) < 4.78 is 26.0.